The standard InChI is InChI=1S/C14H20N2O3S/c1-4-5-9(2)16-13(17)10(3)20-12-8-11(14(18)19)6-7-15-12/h6-10H,4-5H2,1-3H3,(H,16,17)(H,18,19). The maximum Gasteiger partial charge on any atom is 0.335 e. The van der Waals surface area contributed by atoms with Crippen molar-refractivity contribution in [3.8, 4) is 0 Å². The number of carbonyl (C=O) groups is 2. The number of hydrogen-bond acceptors (Lipinski definition) is 4. The molecule has 2 unspecified atom stereocenters. The van der Waals surface area contributed by atoms with E-state index in [0.717, 1.165) is 12.8 Å². The Morgan fingerprint density at radius 1 is 1.45 bits per heavy atom. The minimum Gasteiger partial charge on any atom is -0.478 e. The van der Waals surface area contributed by atoms with E-state index in [1.165, 1.54) is 30.1 Å². The third-order valence-corrected chi connectivity index (χ3v) is 3.79. The van der Waals surface area contributed by atoms with Crippen LogP contribution < -0.4 is 5.32 Å². The first kappa shape index (κ1) is 16.5. The minimum atomic E-state index is -0.997. The summed E-state index contributed by atoms with van der Waals surface area (Å²) in [7, 11) is 0. The van der Waals surface area contributed by atoms with Crippen molar-refractivity contribution in [2.75, 3.05) is 0 Å². The van der Waals surface area contributed by atoms with Crippen LogP contribution in [-0.4, -0.2) is 33.3 Å². The van der Waals surface area contributed by atoms with Gasteiger partial charge in [0, 0.05) is 12.2 Å². The Kier molecular flexibility index (Phi) is 6.51. The van der Waals surface area contributed by atoms with Crippen molar-refractivity contribution in [2.24, 2.45) is 0 Å². The van der Waals surface area contributed by atoms with E-state index in [0.29, 0.717) is 5.03 Å². The van der Waals surface area contributed by atoms with E-state index in [2.05, 4.69) is 17.2 Å². The van der Waals surface area contributed by atoms with Crippen molar-refractivity contribution < 1.29 is 14.7 Å². The number of thioether (sulfide) groups is 1. The molecule has 1 heterocycles. The third-order valence-electron chi connectivity index (χ3n) is 2.76. The molecular formula is C14H20N2O3S. The molecule has 0 aromatic carbocycles. The highest BCUT2D eigenvalue weighted by atomic mass is 32.2. The van der Waals surface area contributed by atoms with Gasteiger partial charge in [0.15, 0.2) is 0 Å². The van der Waals surface area contributed by atoms with Gasteiger partial charge in [-0.2, -0.15) is 0 Å². The first-order chi connectivity index (χ1) is 9.43. The van der Waals surface area contributed by atoms with Gasteiger partial charge in [-0.1, -0.05) is 25.1 Å². The quantitative estimate of drug-likeness (QED) is 0.756. The van der Waals surface area contributed by atoms with Gasteiger partial charge in [-0.05, 0) is 32.4 Å². The van der Waals surface area contributed by atoms with Crippen LogP contribution in [0, 0.1) is 0 Å². The number of aromatic carboxylic acids is 1. The fraction of sp³-hybridized carbons (Fsp3) is 0.500. The average molecular weight is 296 g/mol. The van der Waals surface area contributed by atoms with E-state index < -0.39 is 5.97 Å². The average Bonchev–Trinajstić information content (AvgIpc) is 2.39. The lowest BCUT2D eigenvalue weighted by atomic mass is 10.2. The first-order valence-electron chi connectivity index (χ1n) is 6.60. The fourth-order valence-corrected chi connectivity index (χ4v) is 2.56. The SMILES string of the molecule is CCCC(C)NC(=O)C(C)Sc1cc(C(=O)O)ccn1. The molecule has 2 N–H and O–H groups in total. The number of rotatable bonds is 7. The van der Waals surface area contributed by atoms with Gasteiger partial charge in [0.05, 0.1) is 15.8 Å². The van der Waals surface area contributed by atoms with Gasteiger partial charge in [-0.3, -0.25) is 4.79 Å². The summed E-state index contributed by atoms with van der Waals surface area (Å²) >= 11 is 1.26. The number of aromatic nitrogens is 1. The number of nitrogens with one attached hydrogen (secondary N) is 1. The normalized spacial score (nSPS) is 13.6. The van der Waals surface area contributed by atoms with E-state index >= 15 is 0 Å². The molecule has 6 heteroatoms. The maximum atomic E-state index is 12.0. The fourth-order valence-electron chi connectivity index (χ4n) is 1.71. The molecule has 0 radical (unpaired) electrons. The Morgan fingerprint density at radius 3 is 2.75 bits per heavy atom. The van der Waals surface area contributed by atoms with Crippen LogP contribution in [-0.2, 0) is 4.79 Å². The molecule has 2 atom stereocenters. The van der Waals surface area contributed by atoms with Crippen LogP contribution in [0.3, 0.4) is 0 Å². The van der Waals surface area contributed by atoms with Gasteiger partial charge >= 0.3 is 5.97 Å². The molecular weight excluding hydrogens is 276 g/mol. The van der Waals surface area contributed by atoms with Crippen LogP contribution in [0.15, 0.2) is 23.4 Å². The predicted molar refractivity (Wildman–Crippen MR) is 79.0 cm³/mol. The van der Waals surface area contributed by atoms with Crippen LogP contribution in [0.1, 0.15) is 44.0 Å². The number of carboxylic acids is 1. The molecule has 110 valence electrons. The number of carbonyl (C=O) groups excluding carboxylic acids is 1. The van der Waals surface area contributed by atoms with E-state index in [1.807, 2.05) is 6.92 Å². The molecule has 0 spiro atoms. The molecule has 0 saturated heterocycles. The molecule has 0 aliphatic carbocycles. The zero-order chi connectivity index (χ0) is 15.1. The molecule has 1 rings (SSSR count). The second kappa shape index (κ2) is 7.89. The Labute approximate surface area is 123 Å². The van der Waals surface area contributed by atoms with E-state index in [1.54, 1.807) is 6.92 Å². The Balaban J connectivity index is 2.61. The van der Waals surface area contributed by atoms with Crippen LogP contribution in [0.25, 0.3) is 0 Å². The van der Waals surface area contributed by atoms with Crippen molar-refractivity contribution in [1.82, 2.24) is 10.3 Å². The first-order valence-corrected chi connectivity index (χ1v) is 7.48. The summed E-state index contributed by atoms with van der Waals surface area (Å²) in [5.41, 5.74) is 0.175. The van der Waals surface area contributed by atoms with Gasteiger partial charge in [-0.15, -0.1) is 0 Å². The number of pyridine rings is 1. The largest absolute Gasteiger partial charge is 0.478 e. The van der Waals surface area contributed by atoms with E-state index in [4.69, 9.17) is 5.11 Å². The van der Waals surface area contributed by atoms with Crippen LogP contribution in [0.2, 0.25) is 0 Å². The van der Waals surface area contributed by atoms with Crippen molar-refractivity contribution in [3.63, 3.8) is 0 Å². The highest BCUT2D eigenvalue weighted by Crippen LogP contribution is 2.22. The summed E-state index contributed by atoms with van der Waals surface area (Å²) in [6.07, 6.45) is 3.40. The van der Waals surface area contributed by atoms with Crippen LogP contribution >= 0.6 is 11.8 Å². The second-order valence-corrected chi connectivity index (χ2v) is 6.01. The smallest absolute Gasteiger partial charge is 0.335 e. The summed E-state index contributed by atoms with van der Waals surface area (Å²) in [5, 5.41) is 12.1. The Morgan fingerprint density at radius 2 is 2.15 bits per heavy atom. The zero-order valence-electron chi connectivity index (χ0n) is 11.9. The predicted octanol–water partition coefficient (Wildman–Crippen LogP) is 2.57. The summed E-state index contributed by atoms with van der Waals surface area (Å²) in [4.78, 5) is 26.9. The van der Waals surface area contributed by atoms with E-state index in [-0.39, 0.29) is 22.8 Å². The van der Waals surface area contributed by atoms with Gasteiger partial charge in [0.2, 0.25) is 5.91 Å². The third kappa shape index (κ3) is 5.21. The lowest BCUT2D eigenvalue weighted by Gasteiger charge is -2.16. The second-order valence-electron chi connectivity index (χ2n) is 4.65. The van der Waals surface area contributed by atoms with Crippen molar-refractivity contribution >= 4 is 23.6 Å². The maximum absolute atomic E-state index is 12.0. The number of nitrogens with zero attached hydrogens (tertiary/aromatic N) is 1. The monoisotopic (exact) mass is 296 g/mol. The molecule has 0 fully saturated rings. The molecule has 20 heavy (non-hydrogen) atoms. The number of carboxylic acid groups (broad SMARTS) is 1. The molecule has 0 bridgehead atoms. The van der Waals surface area contributed by atoms with Gasteiger partial charge in [-0.25, -0.2) is 9.78 Å². The minimum absolute atomic E-state index is 0.0570. The summed E-state index contributed by atoms with van der Waals surface area (Å²) in [6.45, 7) is 5.83. The van der Waals surface area contributed by atoms with Crippen molar-refractivity contribution in [1.29, 1.82) is 0 Å². The van der Waals surface area contributed by atoms with E-state index in [9.17, 15) is 9.59 Å². The van der Waals surface area contributed by atoms with Crippen molar-refractivity contribution in [2.45, 2.75) is 49.9 Å². The van der Waals surface area contributed by atoms with Gasteiger partial charge in [0.1, 0.15) is 0 Å². The number of hydrogen-bond donors (Lipinski definition) is 2. The molecule has 1 aromatic rings. The summed E-state index contributed by atoms with van der Waals surface area (Å²) in [5.74, 6) is -1.05. The topological polar surface area (TPSA) is 79.3 Å². The molecule has 1 amide bonds. The number of amides is 1. The molecule has 0 aliphatic heterocycles. The molecule has 1 aromatic heterocycles. The highest BCUT2D eigenvalue weighted by molar-refractivity contribution is 8.00. The van der Waals surface area contributed by atoms with Gasteiger partial charge in [0.25, 0.3) is 0 Å². The van der Waals surface area contributed by atoms with Gasteiger partial charge < -0.3 is 10.4 Å². The highest BCUT2D eigenvalue weighted by Gasteiger charge is 2.17. The van der Waals surface area contributed by atoms with Crippen LogP contribution in [0.5, 0.6) is 0 Å². The van der Waals surface area contributed by atoms with Crippen LogP contribution in [0.4, 0.5) is 0 Å². The lowest BCUT2D eigenvalue weighted by molar-refractivity contribution is -0.120. The Hall–Kier alpha value is -1.56. The molecule has 0 saturated carbocycles. The summed E-state index contributed by atoms with van der Waals surface area (Å²) in [6, 6.07) is 3.06. The summed E-state index contributed by atoms with van der Waals surface area (Å²) < 4.78 is 0. The lowest BCUT2D eigenvalue weighted by Crippen LogP contribution is -2.37. The van der Waals surface area contributed by atoms with Crippen molar-refractivity contribution in [3.05, 3.63) is 23.9 Å². The Bertz CT molecular complexity index is 479. The molecule has 5 nitrogen and oxygen atoms in total. The zero-order valence-corrected chi connectivity index (χ0v) is 12.7. The molecule has 0 aliphatic rings.